The van der Waals surface area contributed by atoms with Gasteiger partial charge in [-0.05, 0) is 46.9 Å². The molecule has 5 heteroatoms. The molecule has 1 amide bonds. The second-order valence-electron chi connectivity index (χ2n) is 4.42. The van der Waals surface area contributed by atoms with Gasteiger partial charge in [-0.3, -0.25) is 4.79 Å². The van der Waals surface area contributed by atoms with Gasteiger partial charge in [-0.2, -0.15) is 5.10 Å². The standard InChI is InChI=1S/C16H12IN3O/c17-14-9-5-4-8-13(14)16(21)18-15-10-11-20(19-15)12-6-2-1-3-7-12/h1-11H,(H,18,19,21). The highest BCUT2D eigenvalue weighted by Gasteiger charge is 2.11. The molecule has 2 aromatic carbocycles. The first-order valence-corrected chi connectivity index (χ1v) is 7.49. The molecule has 4 nitrogen and oxygen atoms in total. The van der Waals surface area contributed by atoms with Crippen LogP contribution in [-0.2, 0) is 0 Å². The number of benzene rings is 2. The van der Waals surface area contributed by atoms with Crippen LogP contribution < -0.4 is 5.32 Å². The number of anilines is 1. The first-order chi connectivity index (χ1) is 10.2. The van der Waals surface area contributed by atoms with Crippen molar-refractivity contribution in [2.24, 2.45) is 0 Å². The molecule has 0 bridgehead atoms. The lowest BCUT2D eigenvalue weighted by Crippen LogP contribution is -2.14. The Kier molecular flexibility index (Phi) is 4.01. The minimum Gasteiger partial charge on any atom is -0.305 e. The SMILES string of the molecule is O=C(Nc1ccn(-c2ccccc2)n1)c1ccccc1I. The van der Waals surface area contributed by atoms with Crippen molar-refractivity contribution in [1.82, 2.24) is 9.78 Å². The van der Waals surface area contributed by atoms with Crippen LogP contribution in [-0.4, -0.2) is 15.7 Å². The van der Waals surface area contributed by atoms with Crippen LogP contribution in [0.15, 0.2) is 66.9 Å². The third-order valence-corrected chi connectivity index (χ3v) is 3.91. The van der Waals surface area contributed by atoms with Crippen LogP contribution >= 0.6 is 22.6 Å². The molecule has 1 aromatic heterocycles. The van der Waals surface area contributed by atoms with Crippen molar-refractivity contribution in [2.75, 3.05) is 5.32 Å². The topological polar surface area (TPSA) is 46.9 Å². The van der Waals surface area contributed by atoms with E-state index in [-0.39, 0.29) is 5.91 Å². The van der Waals surface area contributed by atoms with Gasteiger partial charge in [-0.1, -0.05) is 30.3 Å². The number of nitrogens with one attached hydrogen (secondary N) is 1. The van der Waals surface area contributed by atoms with Gasteiger partial charge in [0.1, 0.15) is 0 Å². The van der Waals surface area contributed by atoms with Crippen molar-refractivity contribution < 1.29 is 4.79 Å². The van der Waals surface area contributed by atoms with E-state index in [1.807, 2.05) is 54.7 Å². The Morgan fingerprint density at radius 2 is 1.71 bits per heavy atom. The van der Waals surface area contributed by atoms with Gasteiger partial charge >= 0.3 is 0 Å². The molecule has 21 heavy (non-hydrogen) atoms. The Morgan fingerprint density at radius 3 is 2.48 bits per heavy atom. The Morgan fingerprint density at radius 1 is 1.00 bits per heavy atom. The Hall–Kier alpha value is -2.15. The highest BCUT2D eigenvalue weighted by atomic mass is 127. The van der Waals surface area contributed by atoms with Crippen LogP contribution in [0.1, 0.15) is 10.4 Å². The van der Waals surface area contributed by atoms with Gasteiger partial charge in [-0.15, -0.1) is 0 Å². The predicted octanol–water partition coefficient (Wildman–Crippen LogP) is 3.73. The van der Waals surface area contributed by atoms with Crippen molar-refractivity contribution in [1.29, 1.82) is 0 Å². The van der Waals surface area contributed by atoms with E-state index in [0.717, 1.165) is 9.26 Å². The first-order valence-electron chi connectivity index (χ1n) is 6.41. The lowest BCUT2D eigenvalue weighted by atomic mass is 10.2. The smallest absolute Gasteiger partial charge is 0.257 e. The lowest BCUT2D eigenvalue weighted by molar-refractivity contribution is 0.102. The molecule has 3 aromatic rings. The van der Waals surface area contributed by atoms with E-state index in [9.17, 15) is 4.79 Å². The van der Waals surface area contributed by atoms with Gasteiger partial charge < -0.3 is 5.32 Å². The van der Waals surface area contributed by atoms with Gasteiger partial charge in [0.2, 0.25) is 0 Å². The van der Waals surface area contributed by atoms with Gasteiger partial charge in [-0.25, -0.2) is 4.68 Å². The molecule has 0 saturated heterocycles. The molecule has 0 saturated carbocycles. The van der Waals surface area contributed by atoms with Gasteiger partial charge in [0.25, 0.3) is 5.91 Å². The summed E-state index contributed by atoms with van der Waals surface area (Å²) in [5.41, 5.74) is 1.60. The number of hydrogen-bond acceptors (Lipinski definition) is 2. The number of carbonyl (C=O) groups is 1. The monoisotopic (exact) mass is 389 g/mol. The van der Waals surface area contributed by atoms with Crippen molar-refractivity contribution >= 4 is 34.3 Å². The summed E-state index contributed by atoms with van der Waals surface area (Å²) in [5, 5.41) is 7.17. The van der Waals surface area contributed by atoms with Crippen molar-refractivity contribution in [3.05, 3.63) is 76.0 Å². The number of nitrogens with zero attached hydrogens (tertiary/aromatic N) is 2. The van der Waals surface area contributed by atoms with E-state index in [2.05, 4.69) is 33.0 Å². The second kappa shape index (κ2) is 6.09. The zero-order valence-corrected chi connectivity index (χ0v) is 13.2. The molecule has 104 valence electrons. The minimum atomic E-state index is -0.154. The van der Waals surface area contributed by atoms with Crippen LogP contribution in [0.25, 0.3) is 5.69 Å². The number of para-hydroxylation sites is 1. The van der Waals surface area contributed by atoms with Gasteiger partial charge in [0.15, 0.2) is 5.82 Å². The van der Waals surface area contributed by atoms with E-state index in [4.69, 9.17) is 0 Å². The summed E-state index contributed by atoms with van der Waals surface area (Å²) >= 11 is 2.15. The van der Waals surface area contributed by atoms with Crippen LogP contribution in [0.4, 0.5) is 5.82 Å². The number of halogens is 1. The fourth-order valence-corrected chi connectivity index (χ4v) is 2.58. The predicted molar refractivity (Wildman–Crippen MR) is 90.7 cm³/mol. The molecule has 0 atom stereocenters. The molecule has 1 heterocycles. The minimum absolute atomic E-state index is 0.154. The Labute approximate surface area is 135 Å². The van der Waals surface area contributed by atoms with Gasteiger partial charge in [0, 0.05) is 15.8 Å². The molecule has 0 aliphatic rings. The largest absolute Gasteiger partial charge is 0.305 e. The summed E-state index contributed by atoms with van der Waals surface area (Å²) < 4.78 is 2.64. The number of amides is 1. The normalized spacial score (nSPS) is 10.3. The van der Waals surface area contributed by atoms with E-state index in [1.165, 1.54) is 0 Å². The summed E-state index contributed by atoms with van der Waals surface area (Å²) in [6.07, 6.45) is 1.82. The molecular formula is C16H12IN3O. The molecule has 0 fully saturated rings. The maximum Gasteiger partial charge on any atom is 0.257 e. The van der Waals surface area contributed by atoms with Crippen LogP contribution in [0.3, 0.4) is 0 Å². The molecule has 0 radical (unpaired) electrons. The molecule has 0 aliphatic carbocycles. The summed E-state index contributed by atoms with van der Waals surface area (Å²) in [6, 6.07) is 19.0. The molecular weight excluding hydrogens is 377 g/mol. The zero-order valence-electron chi connectivity index (χ0n) is 11.0. The van der Waals surface area contributed by atoms with E-state index >= 15 is 0 Å². The summed E-state index contributed by atoms with van der Waals surface area (Å²) in [6.45, 7) is 0. The third-order valence-electron chi connectivity index (χ3n) is 2.97. The Balaban J connectivity index is 1.79. The van der Waals surface area contributed by atoms with Gasteiger partial charge in [0.05, 0.1) is 11.3 Å². The fraction of sp³-hybridized carbons (Fsp3) is 0. The average molecular weight is 389 g/mol. The summed E-state index contributed by atoms with van der Waals surface area (Å²) in [5.74, 6) is 0.377. The molecule has 1 N–H and O–H groups in total. The lowest BCUT2D eigenvalue weighted by Gasteiger charge is -2.04. The van der Waals surface area contributed by atoms with Crippen molar-refractivity contribution in [2.45, 2.75) is 0 Å². The van der Waals surface area contributed by atoms with E-state index in [1.54, 1.807) is 16.8 Å². The number of carbonyl (C=O) groups excluding carboxylic acids is 1. The van der Waals surface area contributed by atoms with Crippen LogP contribution in [0, 0.1) is 3.57 Å². The highest BCUT2D eigenvalue weighted by Crippen LogP contribution is 2.14. The number of hydrogen-bond donors (Lipinski definition) is 1. The van der Waals surface area contributed by atoms with Crippen molar-refractivity contribution in [3.63, 3.8) is 0 Å². The summed E-state index contributed by atoms with van der Waals surface area (Å²) in [4.78, 5) is 12.2. The van der Waals surface area contributed by atoms with Crippen LogP contribution in [0.2, 0.25) is 0 Å². The van der Waals surface area contributed by atoms with Crippen molar-refractivity contribution in [3.8, 4) is 5.69 Å². The molecule has 0 spiro atoms. The number of rotatable bonds is 3. The fourth-order valence-electron chi connectivity index (χ4n) is 1.94. The maximum atomic E-state index is 12.2. The summed E-state index contributed by atoms with van der Waals surface area (Å²) in [7, 11) is 0. The maximum absolute atomic E-state index is 12.2. The second-order valence-corrected chi connectivity index (χ2v) is 5.58. The van der Waals surface area contributed by atoms with Crippen LogP contribution in [0.5, 0.6) is 0 Å². The first kappa shape index (κ1) is 13.8. The highest BCUT2D eigenvalue weighted by molar-refractivity contribution is 14.1. The van der Waals surface area contributed by atoms with E-state index < -0.39 is 0 Å². The molecule has 3 rings (SSSR count). The zero-order chi connectivity index (χ0) is 14.7. The molecule has 0 unspecified atom stereocenters. The third kappa shape index (κ3) is 3.13. The Bertz CT molecular complexity index is 768. The van der Waals surface area contributed by atoms with E-state index in [0.29, 0.717) is 11.4 Å². The number of aromatic nitrogens is 2. The molecule has 0 aliphatic heterocycles. The average Bonchev–Trinajstić information content (AvgIpc) is 2.97. The quantitative estimate of drug-likeness (QED) is 0.694.